The molecule has 0 aliphatic carbocycles. The van der Waals surface area contributed by atoms with Crippen LogP contribution in [-0.2, 0) is 11.2 Å². The van der Waals surface area contributed by atoms with E-state index in [0.29, 0.717) is 13.0 Å². The summed E-state index contributed by atoms with van der Waals surface area (Å²) in [4.78, 5) is 20.8. The first-order valence-corrected chi connectivity index (χ1v) is 9.12. The van der Waals surface area contributed by atoms with E-state index in [0.717, 1.165) is 28.0 Å². The Kier molecular flexibility index (Phi) is 4.97. The third-order valence-electron chi connectivity index (χ3n) is 4.63. The Hall–Kier alpha value is -3.40. The summed E-state index contributed by atoms with van der Waals surface area (Å²) in [5.74, 6) is 0.569. The van der Waals surface area contributed by atoms with Gasteiger partial charge in [-0.05, 0) is 23.3 Å². The lowest BCUT2D eigenvalue weighted by atomic mass is 9.90. The van der Waals surface area contributed by atoms with Gasteiger partial charge in [-0.25, -0.2) is 4.98 Å². The lowest BCUT2D eigenvalue weighted by Crippen LogP contribution is -2.31. The topological polar surface area (TPSA) is 57.8 Å². The number of carbonyl (C=O) groups excluding carboxylic acids is 1. The molecular weight excluding hydrogens is 334 g/mol. The molecule has 1 aromatic heterocycles. The summed E-state index contributed by atoms with van der Waals surface area (Å²) in [7, 11) is 0. The number of hydrogen-bond donors (Lipinski definition) is 2. The number of carbonyl (C=O) groups is 1. The Bertz CT molecular complexity index is 953. The van der Waals surface area contributed by atoms with Crippen molar-refractivity contribution in [2.24, 2.45) is 0 Å². The van der Waals surface area contributed by atoms with E-state index in [4.69, 9.17) is 0 Å². The summed E-state index contributed by atoms with van der Waals surface area (Å²) in [6.07, 6.45) is 0.663. The van der Waals surface area contributed by atoms with Gasteiger partial charge in [0.15, 0.2) is 0 Å². The van der Waals surface area contributed by atoms with Crippen molar-refractivity contribution < 1.29 is 4.79 Å². The molecule has 4 nitrogen and oxygen atoms in total. The van der Waals surface area contributed by atoms with Crippen LogP contribution in [0.25, 0.3) is 11.0 Å². The van der Waals surface area contributed by atoms with Crippen molar-refractivity contribution in [2.45, 2.75) is 12.3 Å². The number of nitrogens with one attached hydrogen (secondary N) is 2. The first-order chi connectivity index (χ1) is 13.3. The van der Waals surface area contributed by atoms with Crippen LogP contribution >= 0.6 is 0 Å². The van der Waals surface area contributed by atoms with Crippen molar-refractivity contribution in [3.63, 3.8) is 0 Å². The predicted octanol–water partition coefficient (Wildman–Crippen LogP) is 4.05. The maximum atomic E-state index is 13.0. The van der Waals surface area contributed by atoms with Gasteiger partial charge >= 0.3 is 0 Å². The van der Waals surface area contributed by atoms with Gasteiger partial charge in [-0.3, -0.25) is 4.79 Å². The number of benzene rings is 3. The van der Waals surface area contributed by atoms with Crippen LogP contribution in [0.2, 0.25) is 0 Å². The number of aromatic amines is 1. The number of imidazole rings is 1. The lowest BCUT2D eigenvalue weighted by molar-refractivity contribution is -0.121. The van der Waals surface area contributed by atoms with E-state index in [1.807, 2.05) is 84.9 Å². The second-order valence-electron chi connectivity index (χ2n) is 6.50. The van der Waals surface area contributed by atoms with Gasteiger partial charge in [-0.2, -0.15) is 0 Å². The highest BCUT2D eigenvalue weighted by Gasteiger charge is 2.22. The molecule has 0 saturated carbocycles. The molecule has 0 atom stereocenters. The van der Waals surface area contributed by atoms with Crippen molar-refractivity contribution >= 4 is 16.9 Å². The Labute approximate surface area is 158 Å². The zero-order valence-corrected chi connectivity index (χ0v) is 14.9. The van der Waals surface area contributed by atoms with Crippen LogP contribution in [-0.4, -0.2) is 22.4 Å². The molecule has 0 fully saturated rings. The van der Waals surface area contributed by atoms with Gasteiger partial charge in [-0.15, -0.1) is 0 Å². The molecule has 4 aromatic rings. The van der Waals surface area contributed by atoms with Gasteiger partial charge in [0.25, 0.3) is 0 Å². The van der Waals surface area contributed by atoms with Crippen molar-refractivity contribution in [1.82, 2.24) is 15.3 Å². The number of aromatic nitrogens is 2. The quantitative estimate of drug-likeness (QED) is 0.548. The van der Waals surface area contributed by atoms with Crippen LogP contribution in [0.4, 0.5) is 0 Å². The number of fused-ring (bicyclic) bond motifs is 1. The zero-order valence-electron chi connectivity index (χ0n) is 14.9. The molecule has 4 heteroatoms. The minimum absolute atomic E-state index is 0.00325. The molecular formula is C23H21N3O. The van der Waals surface area contributed by atoms with Crippen LogP contribution in [0, 0.1) is 0 Å². The molecule has 0 spiro atoms. The molecule has 1 amide bonds. The summed E-state index contributed by atoms with van der Waals surface area (Å²) in [5, 5.41) is 3.07. The highest BCUT2D eigenvalue weighted by atomic mass is 16.1. The lowest BCUT2D eigenvalue weighted by Gasteiger charge is -2.17. The third-order valence-corrected chi connectivity index (χ3v) is 4.63. The van der Waals surface area contributed by atoms with Gasteiger partial charge in [0, 0.05) is 13.0 Å². The second kappa shape index (κ2) is 7.87. The molecule has 0 unspecified atom stereocenters. The summed E-state index contributed by atoms with van der Waals surface area (Å²) in [6.45, 7) is 0.537. The van der Waals surface area contributed by atoms with E-state index in [1.165, 1.54) is 0 Å². The van der Waals surface area contributed by atoms with Crippen LogP contribution in [0.15, 0.2) is 84.9 Å². The van der Waals surface area contributed by atoms with Gasteiger partial charge in [0.1, 0.15) is 5.82 Å². The van der Waals surface area contributed by atoms with E-state index in [1.54, 1.807) is 0 Å². The van der Waals surface area contributed by atoms with E-state index >= 15 is 0 Å². The summed E-state index contributed by atoms with van der Waals surface area (Å²) < 4.78 is 0. The number of hydrogen-bond acceptors (Lipinski definition) is 2. The highest BCUT2D eigenvalue weighted by molar-refractivity contribution is 5.87. The van der Waals surface area contributed by atoms with Crippen LogP contribution < -0.4 is 5.32 Å². The molecule has 1 heterocycles. The van der Waals surface area contributed by atoms with Crippen LogP contribution in [0.3, 0.4) is 0 Å². The van der Waals surface area contributed by atoms with Crippen LogP contribution in [0.5, 0.6) is 0 Å². The van der Waals surface area contributed by atoms with Crippen molar-refractivity contribution in [3.8, 4) is 0 Å². The highest BCUT2D eigenvalue weighted by Crippen LogP contribution is 2.24. The fourth-order valence-electron chi connectivity index (χ4n) is 3.32. The number of nitrogens with zero attached hydrogens (tertiary/aromatic N) is 1. The number of rotatable bonds is 6. The molecule has 3 aromatic carbocycles. The van der Waals surface area contributed by atoms with Crippen LogP contribution in [0.1, 0.15) is 22.9 Å². The normalized spacial score (nSPS) is 11.0. The average Bonchev–Trinajstić information content (AvgIpc) is 3.13. The summed E-state index contributed by atoms with van der Waals surface area (Å²) in [5.41, 5.74) is 3.95. The maximum Gasteiger partial charge on any atom is 0.232 e. The SMILES string of the molecule is O=C(NCCc1nc2ccccc2[nH]1)C(c1ccccc1)c1ccccc1. The minimum Gasteiger partial charge on any atom is -0.355 e. The number of H-pyrrole nitrogens is 1. The Morgan fingerprint density at radius 1 is 0.852 bits per heavy atom. The molecule has 27 heavy (non-hydrogen) atoms. The summed E-state index contributed by atoms with van der Waals surface area (Å²) >= 11 is 0. The first-order valence-electron chi connectivity index (χ1n) is 9.12. The van der Waals surface area contributed by atoms with Crippen molar-refractivity contribution in [3.05, 3.63) is 102 Å². The minimum atomic E-state index is -0.317. The molecule has 2 N–H and O–H groups in total. The van der Waals surface area contributed by atoms with E-state index in [-0.39, 0.29) is 11.8 Å². The predicted molar refractivity (Wildman–Crippen MR) is 108 cm³/mol. The van der Waals surface area contributed by atoms with Gasteiger partial charge < -0.3 is 10.3 Å². The largest absolute Gasteiger partial charge is 0.355 e. The molecule has 0 saturated heterocycles. The number of para-hydroxylation sites is 2. The Balaban J connectivity index is 1.47. The fourth-order valence-corrected chi connectivity index (χ4v) is 3.32. The van der Waals surface area contributed by atoms with E-state index in [2.05, 4.69) is 15.3 Å². The molecule has 0 aliphatic heterocycles. The molecule has 0 aliphatic rings. The Morgan fingerprint density at radius 3 is 2.07 bits per heavy atom. The third kappa shape index (κ3) is 3.90. The van der Waals surface area contributed by atoms with Gasteiger partial charge in [-0.1, -0.05) is 72.8 Å². The molecule has 4 rings (SSSR count). The Morgan fingerprint density at radius 2 is 1.44 bits per heavy atom. The van der Waals surface area contributed by atoms with Gasteiger partial charge in [0.05, 0.1) is 17.0 Å². The van der Waals surface area contributed by atoms with Crippen molar-refractivity contribution in [1.29, 1.82) is 0 Å². The zero-order chi connectivity index (χ0) is 18.5. The molecule has 0 bridgehead atoms. The monoisotopic (exact) mass is 355 g/mol. The van der Waals surface area contributed by atoms with E-state index < -0.39 is 0 Å². The standard InChI is InChI=1S/C23H21N3O/c27-23(24-16-15-21-25-19-13-7-8-14-20(19)26-21)22(17-9-3-1-4-10-17)18-11-5-2-6-12-18/h1-14,22H,15-16H2,(H,24,27)(H,25,26). The smallest absolute Gasteiger partial charge is 0.232 e. The number of amides is 1. The van der Waals surface area contributed by atoms with Gasteiger partial charge in [0.2, 0.25) is 5.91 Å². The first kappa shape index (κ1) is 17.0. The second-order valence-corrected chi connectivity index (χ2v) is 6.50. The molecule has 0 radical (unpaired) electrons. The average molecular weight is 355 g/mol. The van der Waals surface area contributed by atoms with E-state index in [9.17, 15) is 4.79 Å². The molecule has 134 valence electrons. The summed E-state index contributed by atoms with van der Waals surface area (Å²) in [6, 6.07) is 27.7. The fraction of sp³-hybridized carbons (Fsp3) is 0.130. The maximum absolute atomic E-state index is 13.0. The van der Waals surface area contributed by atoms with Crippen molar-refractivity contribution in [2.75, 3.05) is 6.54 Å².